The summed E-state index contributed by atoms with van der Waals surface area (Å²) >= 11 is 0. The average Bonchev–Trinajstić information content (AvgIpc) is 2.75. The molecule has 2 N–H and O–H groups in total. The van der Waals surface area contributed by atoms with Crippen LogP contribution in [0.3, 0.4) is 0 Å². The minimum atomic E-state index is -1.94. The van der Waals surface area contributed by atoms with Gasteiger partial charge in [0.25, 0.3) is 0 Å². The van der Waals surface area contributed by atoms with E-state index in [9.17, 15) is 14.6 Å². The second-order valence-electron chi connectivity index (χ2n) is 7.94. The summed E-state index contributed by atoms with van der Waals surface area (Å²) in [6.45, 7) is 7.83. The molecule has 2 atom stereocenters. The Kier molecular flexibility index (Phi) is 6.30. The quantitative estimate of drug-likeness (QED) is 0.795. The topological polar surface area (TPSA) is 50.2 Å². The van der Waals surface area contributed by atoms with Crippen LogP contribution in [0, 0.1) is 0 Å². The van der Waals surface area contributed by atoms with Crippen LogP contribution in [0.4, 0.5) is 4.39 Å². The maximum absolute atomic E-state index is 14.8. The summed E-state index contributed by atoms with van der Waals surface area (Å²) < 4.78 is 14.8. The number of piperidine rings is 1. The van der Waals surface area contributed by atoms with Crippen molar-refractivity contribution in [3.8, 4) is 0 Å². The normalized spacial score (nSPS) is 29.0. The fraction of sp³-hybridized carbons (Fsp3) is 0.700. The van der Waals surface area contributed by atoms with Crippen LogP contribution < -0.4 is 0 Å². The Labute approximate surface area is 156 Å². The number of aliphatic hydroxyl groups is 2. The lowest BCUT2D eigenvalue weighted by Gasteiger charge is -2.45. The van der Waals surface area contributed by atoms with Crippen molar-refractivity contribution in [2.24, 2.45) is 0 Å². The lowest BCUT2D eigenvalue weighted by molar-refractivity contribution is -0.281. The number of alkyl halides is 1. The zero-order valence-corrected chi connectivity index (χ0v) is 15.9. The summed E-state index contributed by atoms with van der Waals surface area (Å²) in [6, 6.07) is 10.0. The Morgan fingerprint density at radius 1 is 1.12 bits per heavy atom. The lowest BCUT2D eigenvalue weighted by Crippen LogP contribution is -2.61. The van der Waals surface area contributed by atoms with E-state index in [1.165, 1.54) is 5.56 Å². The van der Waals surface area contributed by atoms with Crippen molar-refractivity contribution in [3.05, 3.63) is 35.9 Å². The zero-order chi connectivity index (χ0) is 18.7. The molecule has 3 rings (SSSR count). The van der Waals surface area contributed by atoms with Crippen LogP contribution in [-0.4, -0.2) is 81.8 Å². The van der Waals surface area contributed by atoms with E-state index in [0.29, 0.717) is 38.6 Å². The number of nitrogens with zero attached hydrogens (tertiary/aromatic N) is 3. The first-order valence-electron chi connectivity index (χ1n) is 9.73. The molecule has 0 spiro atoms. The number of benzene rings is 1. The molecule has 146 valence electrons. The van der Waals surface area contributed by atoms with Crippen LogP contribution in [0.1, 0.15) is 32.3 Å². The first kappa shape index (κ1) is 19.7. The molecule has 0 aromatic heterocycles. The third kappa shape index (κ3) is 4.61. The van der Waals surface area contributed by atoms with Crippen molar-refractivity contribution < 1.29 is 14.6 Å². The summed E-state index contributed by atoms with van der Waals surface area (Å²) in [4.78, 5) is 5.93. The maximum Gasteiger partial charge on any atom is 0.226 e. The second kappa shape index (κ2) is 8.31. The molecule has 1 aromatic rings. The largest absolute Gasteiger partial charge is 0.353 e. The van der Waals surface area contributed by atoms with Crippen LogP contribution >= 0.6 is 0 Å². The van der Waals surface area contributed by atoms with Gasteiger partial charge in [-0.2, -0.15) is 0 Å². The molecular formula is C20H32FN3O2. The molecule has 2 fully saturated rings. The van der Waals surface area contributed by atoms with Crippen molar-refractivity contribution in [3.63, 3.8) is 0 Å². The Morgan fingerprint density at radius 2 is 1.85 bits per heavy atom. The summed E-state index contributed by atoms with van der Waals surface area (Å²) in [5, 5.41) is 21.2. The van der Waals surface area contributed by atoms with E-state index in [1.54, 1.807) is 4.90 Å². The molecule has 0 aliphatic carbocycles. The molecule has 0 radical (unpaired) electrons. The summed E-state index contributed by atoms with van der Waals surface area (Å²) in [5.74, 6) is -1.94. The molecule has 2 saturated heterocycles. The SMILES string of the molecule is CC(C)N1CCC(N2CCN(Cc3ccccc3)CCC2(O)O)C(F)C1. The van der Waals surface area contributed by atoms with Crippen molar-refractivity contribution in [1.29, 1.82) is 0 Å². The first-order valence-corrected chi connectivity index (χ1v) is 9.73. The van der Waals surface area contributed by atoms with Gasteiger partial charge in [0.05, 0.1) is 0 Å². The summed E-state index contributed by atoms with van der Waals surface area (Å²) in [5.41, 5.74) is 1.20. The molecule has 0 amide bonds. The fourth-order valence-electron chi connectivity index (χ4n) is 4.16. The molecule has 2 unspecified atom stereocenters. The minimum Gasteiger partial charge on any atom is -0.353 e. The van der Waals surface area contributed by atoms with E-state index in [1.807, 2.05) is 18.2 Å². The van der Waals surface area contributed by atoms with Gasteiger partial charge in [0.15, 0.2) is 0 Å². The van der Waals surface area contributed by atoms with Gasteiger partial charge in [0.1, 0.15) is 6.17 Å². The highest BCUT2D eigenvalue weighted by atomic mass is 19.1. The average molecular weight is 365 g/mol. The monoisotopic (exact) mass is 365 g/mol. The van der Waals surface area contributed by atoms with Gasteiger partial charge in [-0.1, -0.05) is 30.3 Å². The van der Waals surface area contributed by atoms with E-state index < -0.39 is 18.1 Å². The first-order chi connectivity index (χ1) is 12.4. The molecule has 6 heteroatoms. The molecule has 2 heterocycles. The highest BCUT2D eigenvalue weighted by Gasteiger charge is 2.44. The molecule has 0 bridgehead atoms. The van der Waals surface area contributed by atoms with Gasteiger partial charge in [-0.05, 0) is 25.8 Å². The van der Waals surface area contributed by atoms with Crippen molar-refractivity contribution in [1.82, 2.24) is 14.7 Å². The van der Waals surface area contributed by atoms with Gasteiger partial charge in [-0.15, -0.1) is 0 Å². The van der Waals surface area contributed by atoms with E-state index in [-0.39, 0.29) is 6.42 Å². The number of hydrogen-bond acceptors (Lipinski definition) is 5. The molecule has 26 heavy (non-hydrogen) atoms. The van der Waals surface area contributed by atoms with Gasteiger partial charge in [0.2, 0.25) is 5.91 Å². The third-order valence-electron chi connectivity index (χ3n) is 5.80. The van der Waals surface area contributed by atoms with E-state index in [4.69, 9.17) is 0 Å². The Morgan fingerprint density at radius 3 is 2.50 bits per heavy atom. The van der Waals surface area contributed by atoms with Gasteiger partial charge in [-0.3, -0.25) is 9.80 Å². The van der Waals surface area contributed by atoms with Gasteiger partial charge < -0.3 is 10.2 Å². The molecule has 2 aliphatic rings. The maximum atomic E-state index is 14.8. The number of halogens is 1. The van der Waals surface area contributed by atoms with Crippen LogP contribution in [0.2, 0.25) is 0 Å². The molecule has 0 saturated carbocycles. The van der Waals surface area contributed by atoms with E-state index >= 15 is 0 Å². The number of likely N-dealkylation sites (tertiary alicyclic amines) is 1. The van der Waals surface area contributed by atoms with Crippen molar-refractivity contribution in [2.75, 3.05) is 32.7 Å². The highest BCUT2D eigenvalue weighted by molar-refractivity contribution is 5.14. The van der Waals surface area contributed by atoms with E-state index in [2.05, 4.69) is 35.8 Å². The fourth-order valence-corrected chi connectivity index (χ4v) is 4.16. The Balaban J connectivity index is 1.64. The Hall–Kier alpha value is -1.05. The van der Waals surface area contributed by atoms with Crippen molar-refractivity contribution >= 4 is 0 Å². The number of rotatable bonds is 4. The van der Waals surface area contributed by atoms with Gasteiger partial charge >= 0.3 is 0 Å². The lowest BCUT2D eigenvalue weighted by atomic mass is 9.99. The van der Waals surface area contributed by atoms with Gasteiger partial charge in [-0.25, -0.2) is 9.29 Å². The standard InChI is InChI=1S/C20H32FN3O2/c1-16(2)23-10-8-19(18(21)15-23)24-13-12-22(11-9-20(24,25)26)14-17-6-4-3-5-7-17/h3-7,16,18-19,25-26H,8-15H2,1-2H3. The van der Waals surface area contributed by atoms with Crippen LogP contribution in [0.15, 0.2) is 30.3 Å². The second-order valence-corrected chi connectivity index (χ2v) is 7.94. The predicted octanol–water partition coefficient (Wildman–Crippen LogP) is 1.65. The summed E-state index contributed by atoms with van der Waals surface area (Å²) in [6.07, 6.45) is -0.233. The minimum absolute atomic E-state index is 0.205. The van der Waals surface area contributed by atoms with Gasteiger partial charge in [0, 0.05) is 57.8 Å². The zero-order valence-electron chi connectivity index (χ0n) is 15.9. The van der Waals surface area contributed by atoms with Crippen molar-refractivity contribution in [2.45, 2.75) is 57.4 Å². The summed E-state index contributed by atoms with van der Waals surface area (Å²) in [7, 11) is 0. The van der Waals surface area contributed by atoms with Crippen LogP contribution in [0.5, 0.6) is 0 Å². The number of hydrogen-bond donors (Lipinski definition) is 2. The Bertz CT molecular complexity index is 569. The smallest absolute Gasteiger partial charge is 0.226 e. The predicted molar refractivity (Wildman–Crippen MR) is 100 cm³/mol. The molecule has 5 nitrogen and oxygen atoms in total. The third-order valence-corrected chi connectivity index (χ3v) is 5.80. The highest BCUT2D eigenvalue weighted by Crippen LogP contribution is 2.29. The van der Waals surface area contributed by atoms with Crippen LogP contribution in [-0.2, 0) is 6.54 Å². The van der Waals surface area contributed by atoms with Crippen LogP contribution in [0.25, 0.3) is 0 Å². The molecular weight excluding hydrogens is 333 g/mol. The molecule has 1 aromatic carbocycles. The van der Waals surface area contributed by atoms with E-state index in [0.717, 1.165) is 13.1 Å². The molecule has 2 aliphatic heterocycles.